The van der Waals surface area contributed by atoms with E-state index >= 15 is 0 Å². The van der Waals surface area contributed by atoms with Crippen LogP contribution in [0.3, 0.4) is 0 Å². The van der Waals surface area contributed by atoms with Crippen molar-refractivity contribution < 1.29 is 19.4 Å². The van der Waals surface area contributed by atoms with Crippen LogP contribution in [-0.4, -0.2) is 55.0 Å². The zero-order chi connectivity index (χ0) is 24.7. The quantitative estimate of drug-likeness (QED) is 0.434. The maximum absolute atomic E-state index is 11.6. The molecule has 1 aromatic rings. The van der Waals surface area contributed by atoms with Gasteiger partial charge in [0.25, 0.3) is 0 Å². The van der Waals surface area contributed by atoms with E-state index in [0.29, 0.717) is 53.0 Å². The molecule has 1 amide bonds. The summed E-state index contributed by atoms with van der Waals surface area (Å²) in [4.78, 5) is 27.9. The number of nitrogens with two attached hydrogens (primary N) is 1. The number of nitrogens with zero attached hydrogens (tertiary/aromatic N) is 5. The van der Waals surface area contributed by atoms with E-state index in [4.69, 9.17) is 20.2 Å². The molecule has 0 radical (unpaired) electrons. The van der Waals surface area contributed by atoms with Gasteiger partial charge in [-0.15, -0.1) is 0 Å². The second-order valence-corrected chi connectivity index (χ2v) is 11.1. The molecule has 0 unspecified atom stereocenters. The van der Waals surface area contributed by atoms with Crippen molar-refractivity contribution in [3.63, 3.8) is 0 Å². The molecule has 0 saturated carbocycles. The Kier molecular flexibility index (Phi) is 6.67. The highest BCUT2D eigenvalue weighted by molar-refractivity contribution is 9.10. The molecule has 12 heteroatoms. The molecule has 1 aromatic carbocycles. The van der Waals surface area contributed by atoms with Gasteiger partial charge in [0.15, 0.2) is 34.0 Å². The molecule has 0 spiro atoms. The van der Waals surface area contributed by atoms with Crippen LogP contribution in [0.25, 0.3) is 11.5 Å². The standard InChI is InChI=1S/C23H27BrN6O4S/c1-12(2)15-7-13(4-6-30(15)23(31)32)3-5-29-10-26-20(25)19-21(29)28-22(27-19)35-18-9-17-16(8-14(18)24)33-11-34-17/h8-10,12-13,15H,3-7,11,25H2,1-2H3,(H,31,32)/t13-,15+/m0/s1. The number of imidazole rings is 1. The molecule has 1 fully saturated rings. The summed E-state index contributed by atoms with van der Waals surface area (Å²) in [6.07, 6.45) is 3.51. The topological polar surface area (TPSA) is 129 Å². The molecular weight excluding hydrogens is 536 g/mol. The number of halogens is 1. The minimum absolute atomic E-state index is 0.0441. The van der Waals surface area contributed by atoms with E-state index in [9.17, 15) is 9.90 Å². The van der Waals surface area contributed by atoms with Crippen molar-refractivity contribution in [2.75, 3.05) is 19.1 Å². The van der Waals surface area contributed by atoms with Gasteiger partial charge < -0.3 is 29.8 Å². The van der Waals surface area contributed by atoms with E-state index < -0.39 is 6.09 Å². The Bertz CT molecular complexity index is 1220. The number of hydrogen-bond donors (Lipinski definition) is 2. The van der Waals surface area contributed by atoms with Crippen LogP contribution in [0, 0.1) is 11.8 Å². The molecule has 10 nitrogen and oxygen atoms in total. The first-order valence-corrected chi connectivity index (χ1v) is 13.2. The number of aryl methyl sites for hydroxylation is 1. The van der Waals surface area contributed by atoms with Crippen LogP contribution in [0.15, 0.2) is 33.0 Å². The Labute approximate surface area is 215 Å². The second-order valence-electron chi connectivity index (χ2n) is 9.21. The number of aromatic nitrogens is 4. The third-order valence-electron chi connectivity index (χ3n) is 6.65. The molecule has 4 aliphatic rings. The first kappa shape index (κ1) is 24.0. The summed E-state index contributed by atoms with van der Waals surface area (Å²) in [6.45, 7) is 5.67. The van der Waals surface area contributed by atoms with Gasteiger partial charge in [-0.25, -0.2) is 19.7 Å². The highest BCUT2D eigenvalue weighted by atomic mass is 79.9. The van der Waals surface area contributed by atoms with Crippen molar-refractivity contribution in [3.05, 3.63) is 22.9 Å². The number of hydrogen-bond acceptors (Lipinski definition) is 8. The summed E-state index contributed by atoms with van der Waals surface area (Å²) in [7, 11) is 0. The fraction of sp³-hybridized carbons (Fsp3) is 0.478. The lowest BCUT2D eigenvalue weighted by molar-refractivity contribution is 0.0682. The molecule has 5 rings (SSSR count). The molecule has 0 aromatic heterocycles. The van der Waals surface area contributed by atoms with Gasteiger partial charge in [0.1, 0.15) is 0 Å². The van der Waals surface area contributed by atoms with Crippen LogP contribution in [-0.2, 0) is 6.54 Å². The number of ether oxygens (including phenoxy) is 2. The summed E-state index contributed by atoms with van der Waals surface area (Å²) in [5, 5.41) is 10.1. The van der Waals surface area contributed by atoms with Gasteiger partial charge in [0.2, 0.25) is 6.79 Å². The maximum Gasteiger partial charge on any atom is 0.407 e. The summed E-state index contributed by atoms with van der Waals surface area (Å²) in [6, 6.07) is 3.83. The van der Waals surface area contributed by atoms with Crippen molar-refractivity contribution in [3.8, 4) is 23.0 Å². The number of nitrogen functional groups attached to an aromatic ring is 1. The van der Waals surface area contributed by atoms with E-state index in [1.54, 1.807) is 11.2 Å². The van der Waals surface area contributed by atoms with Crippen LogP contribution < -0.4 is 15.2 Å². The highest BCUT2D eigenvalue weighted by Crippen LogP contribution is 2.43. The van der Waals surface area contributed by atoms with E-state index in [-0.39, 0.29) is 18.8 Å². The third-order valence-corrected chi connectivity index (χ3v) is 8.49. The molecule has 2 atom stereocenters. The zero-order valence-electron chi connectivity index (χ0n) is 19.5. The van der Waals surface area contributed by atoms with E-state index in [0.717, 1.165) is 28.6 Å². The van der Waals surface area contributed by atoms with Crippen molar-refractivity contribution in [2.45, 2.75) is 55.7 Å². The van der Waals surface area contributed by atoms with Gasteiger partial charge in [0.05, 0.1) is 6.33 Å². The van der Waals surface area contributed by atoms with Crippen LogP contribution in [0.5, 0.6) is 11.5 Å². The molecular formula is C23H27BrN6O4S. The highest BCUT2D eigenvalue weighted by Gasteiger charge is 2.33. The molecule has 4 heterocycles. The predicted molar refractivity (Wildman–Crippen MR) is 134 cm³/mol. The number of carbonyl (C=O) groups is 1. The number of fused-ring (bicyclic) bond motifs is 2. The second kappa shape index (κ2) is 9.73. The molecule has 0 bridgehead atoms. The molecule has 4 aliphatic heterocycles. The van der Waals surface area contributed by atoms with Crippen LogP contribution in [0.4, 0.5) is 10.6 Å². The van der Waals surface area contributed by atoms with Crippen molar-refractivity contribution in [1.29, 1.82) is 0 Å². The lowest BCUT2D eigenvalue weighted by atomic mass is 9.84. The molecule has 35 heavy (non-hydrogen) atoms. The van der Waals surface area contributed by atoms with Gasteiger partial charge in [-0.2, -0.15) is 0 Å². The average molecular weight is 563 g/mol. The normalized spacial score (nSPS) is 19.6. The minimum Gasteiger partial charge on any atom is -0.465 e. The monoisotopic (exact) mass is 562 g/mol. The molecule has 0 aliphatic carbocycles. The van der Waals surface area contributed by atoms with Crippen molar-refractivity contribution >= 4 is 39.6 Å². The number of anilines is 1. The Morgan fingerprint density at radius 1 is 1.31 bits per heavy atom. The Morgan fingerprint density at radius 2 is 2.09 bits per heavy atom. The van der Waals surface area contributed by atoms with E-state index in [1.165, 1.54) is 11.8 Å². The summed E-state index contributed by atoms with van der Waals surface area (Å²) in [5.41, 5.74) is 6.70. The minimum atomic E-state index is -0.827. The third kappa shape index (κ3) is 4.86. The van der Waals surface area contributed by atoms with E-state index in [2.05, 4.69) is 39.7 Å². The largest absolute Gasteiger partial charge is 0.465 e. The van der Waals surface area contributed by atoms with Gasteiger partial charge in [-0.3, -0.25) is 0 Å². The molecule has 3 N–H and O–H groups in total. The van der Waals surface area contributed by atoms with Crippen LogP contribution >= 0.6 is 27.7 Å². The average Bonchev–Trinajstić information content (AvgIpc) is 3.46. The van der Waals surface area contributed by atoms with Crippen molar-refractivity contribution in [2.24, 2.45) is 11.8 Å². The van der Waals surface area contributed by atoms with Crippen LogP contribution in [0.1, 0.15) is 33.1 Å². The zero-order valence-corrected chi connectivity index (χ0v) is 21.9. The van der Waals surface area contributed by atoms with Gasteiger partial charge in [-0.05, 0) is 70.9 Å². The summed E-state index contributed by atoms with van der Waals surface area (Å²) < 4.78 is 13.8. The first-order valence-electron chi connectivity index (χ1n) is 11.5. The lowest BCUT2D eigenvalue weighted by Crippen LogP contribution is -2.48. The Hall–Kier alpha value is -2.73. The van der Waals surface area contributed by atoms with E-state index in [1.807, 2.05) is 16.7 Å². The number of amides is 1. The fourth-order valence-corrected chi connectivity index (χ4v) is 6.10. The number of benzene rings is 1. The Balaban J connectivity index is 1.32. The van der Waals surface area contributed by atoms with Gasteiger partial charge >= 0.3 is 6.09 Å². The lowest BCUT2D eigenvalue weighted by Gasteiger charge is -2.40. The van der Waals surface area contributed by atoms with Crippen molar-refractivity contribution in [1.82, 2.24) is 24.4 Å². The maximum atomic E-state index is 11.6. The van der Waals surface area contributed by atoms with Gasteiger partial charge in [-0.1, -0.05) is 13.8 Å². The van der Waals surface area contributed by atoms with Crippen LogP contribution in [0.2, 0.25) is 0 Å². The summed E-state index contributed by atoms with van der Waals surface area (Å²) in [5.74, 6) is 3.14. The molecule has 1 saturated heterocycles. The first-order chi connectivity index (χ1) is 16.8. The number of piperidine rings is 1. The van der Waals surface area contributed by atoms with Gasteiger partial charge in [0, 0.05) is 28.5 Å². The summed E-state index contributed by atoms with van der Waals surface area (Å²) >= 11 is 5.00. The fourth-order valence-electron chi connectivity index (χ4n) is 4.75. The Morgan fingerprint density at radius 3 is 2.83 bits per heavy atom. The predicted octanol–water partition coefficient (Wildman–Crippen LogP) is 4.81. The molecule has 186 valence electrons. The number of carboxylic acid groups (broad SMARTS) is 1. The number of rotatable bonds is 6. The smallest absolute Gasteiger partial charge is 0.407 e. The number of likely N-dealkylation sites (tertiary alicyclic amines) is 1. The SMILES string of the molecule is CC(C)[C@H]1C[C@@H](CCn2cnc(N)c3nc(Sc4cc5c(cc4Br)OCO5)nc2-3)CCN1C(=O)O.